The number of benzene rings is 2. The number of carbonyl (C=O) groups is 4. The number of ether oxygens (including phenoxy) is 3. The van der Waals surface area contributed by atoms with E-state index in [1.54, 1.807) is 18.2 Å². The molecule has 8 heterocycles. The van der Waals surface area contributed by atoms with Crippen LogP contribution in [0.5, 0.6) is 11.8 Å². The average Bonchev–Trinajstić information content (AvgIpc) is 3.82. The number of pyridine rings is 1. The molecule has 4 fully saturated rings. The first-order valence-electron chi connectivity index (χ1n) is 19.4. The molecule has 1 N–H and O–H groups in total. The number of aromatic nitrogens is 3. The van der Waals surface area contributed by atoms with Crippen LogP contribution in [0.25, 0.3) is 32.9 Å². The summed E-state index contributed by atoms with van der Waals surface area (Å²) in [7, 11) is 0. The Bertz CT molecular complexity index is 2320. The van der Waals surface area contributed by atoms with Gasteiger partial charge in [0.1, 0.15) is 35.6 Å². The van der Waals surface area contributed by atoms with Gasteiger partial charge in [-0.15, -0.1) is 0 Å². The fourth-order valence-electron chi connectivity index (χ4n) is 9.17. The second-order valence-corrected chi connectivity index (χ2v) is 15.8. The van der Waals surface area contributed by atoms with Crippen LogP contribution in [0.1, 0.15) is 63.9 Å². The van der Waals surface area contributed by atoms with Crippen LogP contribution in [0.2, 0.25) is 0 Å². The van der Waals surface area contributed by atoms with Gasteiger partial charge in [0.25, 0.3) is 11.8 Å². The van der Waals surface area contributed by atoms with E-state index in [1.165, 1.54) is 12.3 Å². The number of halogens is 2. The zero-order valence-electron chi connectivity index (χ0n) is 31.4. The number of alkyl halides is 1. The first-order chi connectivity index (χ1) is 27.5. The molecule has 2 aromatic heterocycles. The summed E-state index contributed by atoms with van der Waals surface area (Å²) in [4.78, 5) is 73.4. The first-order valence-corrected chi connectivity index (χ1v) is 19.4. The van der Waals surface area contributed by atoms with Gasteiger partial charge in [-0.2, -0.15) is 9.97 Å². The molecular formula is C40H41F2N7O8. The molecule has 10 rings (SSSR count). The second kappa shape index (κ2) is 14.3. The Morgan fingerprint density at radius 1 is 1.05 bits per heavy atom. The van der Waals surface area contributed by atoms with E-state index in [1.807, 2.05) is 17.9 Å². The molecule has 0 aliphatic carbocycles. The van der Waals surface area contributed by atoms with Gasteiger partial charge in [-0.1, -0.05) is 23.3 Å². The number of hydroxylamine groups is 2. The van der Waals surface area contributed by atoms with Crippen LogP contribution < -0.4 is 19.7 Å². The molecule has 0 saturated carbocycles. The molecule has 17 heteroatoms. The monoisotopic (exact) mass is 785 g/mol. The number of piperidine rings is 1. The summed E-state index contributed by atoms with van der Waals surface area (Å²) in [6.07, 6.45) is 2.70. The van der Waals surface area contributed by atoms with E-state index in [4.69, 9.17) is 24.0 Å². The van der Waals surface area contributed by atoms with Crippen molar-refractivity contribution in [1.82, 2.24) is 30.2 Å². The number of rotatable bonds is 5. The topological polar surface area (TPSA) is 166 Å². The van der Waals surface area contributed by atoms with Crippen LogP contribution >= 0.6 is 0 Å². The Morgan fingerprint density at radius 3 is 2.72 bits per heavy atom. The lowest BCUT2D eigenvalue weighted by atomic mass is 9.91. The van der Waals surface area contributed by atoms with E-state index in [2.05, 4.69) is 20.2 Å². The van der Waals surface area contributed by atoms with Gasteiger partial charge in [0.05, 0.1) is 23.1 Å². The maximum absolute atomic E-state index is 17.5. The van der Waals surface area contributed by atoms with Crippen LogP contribution in [0, 0.1) is 5.82 Å². The maximum Gasteiger partial charge on any atom is 0.539 e. The Balaban J connectivity index is 1.18. The highest BCUT2D eigenvalue weighted by molar-refractivity contribution is 6.03. The fourth-order valence-corrected chi connectivity index (χ4v) is 9.17. The summed E-state index contributed by atoms with van der Waals surface area (Å²) < 4.78 is 49.6. The van der Waals surface area contributed by atoms with Crippen LogP contribution in [0.15, 0.2) is 36.5 Å². The fraction of sp³-hybridized carbons (Fsp3) is 0.475. The van der Waals surface area contributed by atoms with Crippen LogP contribution in [-0.4, -0.2) is 106 Å². The molecule has 15 nitrogen and oxygen atoms in total. The lowest BCUT2D eigenvalue weighted by Crippen LogP contribution is -2.57. The van der Waals surface area contributed by atoms with Crippen molar-refractivity contribution in [2.24, 2.45) is 0 Å². The lowest BCUT2D eigenvalue weighted by Gasteiger charge is -2.41. The van der Waals surface area contributed by atoms with E-state index >= 15 is 4.39 Å². The zero-order chi connectivity index (χ0) is 39.5. The predicted molar refractivity (Wildman–Crippen MR) is 200 cm³/mol. The van der Waals surface area contributed by atoms with Crippen molar-refractivity contribution in [2.75, 3.05) is 44.3 Å². The molecule has 298 valence electrons. The number of hydrogen-bond acceptors (Lipinski definition) is 13. The van der Waals surface area contributed by atoms with Crippen molar-refractivity contribution in [3.05, 3.63) is 47.9 Å². The molecule has 2 aromatic carbocycles. The van der Waals surface area contributed by atoms with Gasteiger partial charge in [0.15, 0.2) is 5.82 Å². The summed E-state index contributed by atoms with van der Waals surface area (Å²) in [6.45, 7) is 4.15. The summed E-state index contributed by atoms with van der Waals surface area (Å²) >= 11 is 0. The smallest absolute Gasteiger partial charge is 0.461 e. The summed E-state index contributed by atoms with van der Waals surface area (Å²) in [6, 6.07) is 8.35. The zero-order valence-corrected chi connectivity index (χ0v) is 31.4. The highest BCUT2D eigenvalue weighted by atomic mass is 19.1. The van der Waals surface area contributed by atoms with Crippen LogP contribution in [0.4, 0.5) is 24.2 Å². The Kier molecular flexibility index (Phi) is 9.29. The molecule has 4 saturated heterocycles. The van der Waals surface area contributed by atoms with Crippen molar-refractivity contribution < 1.29 is 47.0 Å². The molecule has 6 aliphatic rings. The third kappa shape index (κ3) is 6.91. The quantitative estimate of drug-likeness (QED) is 0.152. The molecular weight excluding hydrogens is 744 g/mol. The predicted octanol–water partition coefficient (Wildman–Crippen LogP) is 5.55. The number of nitrogens with zero attached hydrogens (tertiary/aromatic N) is 6. The van der Waals surface area contributed by atoms with Gasteiger partial charge in [0, 0.05) is 50.7 Å². The van der Waals surface area contributed by atoms with Crippen molar-refractivity contribution in [3.63, 3.8) is 0 Å². The number of imide groups is 1. The number of alkyl carbamates (subject to hydrolysis) is 1. The van der Waals surface area contributed by atoms with Gasteiger partial charge in [-0.05, 0) is 80.5 Å². The lowest BCUT2D eigenvalue weighted by molar-refractivity contribution is -0.174. The molecule has 3 atom stereocenters. The third-order valence-corrected chi connectivity index (χ3v) is 11.8. The summed E-state index contributed by atoms with van der Waals surface area (Å²) in [5.74, 6) is -1.82. The van der Waals surface area contributed by atoms with E-state index in [-0.39, 0.29) is 54.6 Å². The van der Waals surface area contributed by atoms with Crippen molar-refractivity contribution in [3.8, 4) is 23.0 Å². The highest BCUT2D eigenvalue weighted by Crippen LogP contribution is 2.42. The number of fused-ring (bicyclic) bond motifs is 7. The van der Waals surface area contributed by atoms with E-state index in [9.17, 15) is 23.6 Å². The number of hydrogen-bond donors (Lipinski definition) is 1. The molecule has 3 amide bonds. The minimum atomic E-state index is -1.33. The summed E-state index contributed by atoms with van der Waals surface area (Å²) in [5, 5.41) is 4.89. The van der Waals surface area contributed by atoms with Gasteiger partial charge < -0.3 is 24.4 Å². The minimum absolute atomic E-state index is 0.0611. The molecule has 6 aliphatic heterocycles. The van der Waals surface area contributed by atoms with E-state index in [0.717, 1.165) is 24.9 Å². The molecule has 57 heavy (non-hydrogen) atoms. The standard InChI is InChI=1S/C40H41F2N7O8/c1-39-11-4-13-47(21-39)35-28-19-43-33(32(42)34(28)44-36(45-35)55-22-40-12-5-14-48(40)20-25(41)18-40)27-17-26(56-38(53)57-49-29(50)9-10-30(49)51)16-24-7-2-6-23(31(24)27)8-3-15-54-37(52)46-39/h2,6-7,16-17,19,25H,3-5,8-15,18,20-22H2,1H3,(H,46,52)/t25-,39-,40+/m1/s1. The summed E-state index contributed by atoms with van der Waals surface area (Å²) in [5.41, 5.74) is -0.337. The van der Waals surface area contributed by atoms with Gasteiger partial charge in [-0.25, -0.2) is 18.4 Å². The molecule has 6 bridgehead atoms. The van der Waals surface area contributed by atoms with Gasteiger partial charge >= 0.3 is 18.3 Å². The second-order valence-electron chi connectivity index (χ2n) is 15.8. The number of carbonyl (C=O) groups excluding carboxylic acids is 4. The molecule has 4 aromatic rings. The number of aryl methyl sites for hydroxylation is 1. The molecule has 0 spiro atoms. The van der Waals surface area contributed by atoms with Gasteiger partial charge in [-0.3, -0.25) is 24.3 Å². The average molecular weight is 786 g/mol. The van der Waals surface area contributed by atoms with E-state index in [0.29, 0.717) is 78.8 Å². The maximum atomic E-state index is 17.5. The van der Waals surface area contributed by atoms with Crippen molar-refractivity contribution in [1.29, 1.82) is 0 Å². The van der Waals surface area contributed by atoms with E-state index < -0.39 is 47.1 Å². The third-order valence-electron chi connectivity index (χ3n) is 11.8. The highest BCUT2D eigenvalue weighted by Gasteiger charge is 2.49. The number of nitrogens with one attached hydrogen (secondary N) is 1. The SMILES string of the molecule is C[C@@]12CCCN(C1)c1nc(OC[C@@]34CCCN3C[C@H](F)C4)nc3c(F)c(ncc13)-c1cc(OC(=O)ON3C(=O)CCC3=O)cc3cccc(c13)CCCOC(=O)N2. The Hall–Kier alpha value is -5.71. The Labute approximate surface area is 325 Å². The minimum Gasteiger partial charge on any atom is -0.461 e. The molecule has 0 unspecified atom stereocenters. The molecule has 0 radical (unpaired) electrons. The Morgan fingerprint density at radius 2 is 1.88 bits per heavy atom. The van der Waals surface area contributed by atoms with Gasteiger partial charge in [0.2, 0.25) is 0 Å². The van der Waals surface area contributed by atoms with Crippen molar-refractivity contribution >= 4 is 51.6 Å². The largest absolute Gasteiger partial charge is 0.539 e. The number of amides is 3. The van der Waals surface area contributed by atoms with Crippen LogP contribution in [-0.2, 0) is 25.6 Å². The first kappa shape index (κ1) is 36.9. The van der Waals surface area contributed by atoms with Crippen LogP contribution in [0.3, 0.4) is 0 Å². The normalized spacial score (nSPS) is 25.2. The number of anilines is 1. The van der Waals surface area contributed by atoms with Crippen molar-refractivity contribution in [2.45, 2.75) is 82.0 Å².